The van der Waals surface area contributed by atoms with Gasteiger partial charge in [0.2, 0.25) is 11.8 Å². The van der Waals surface area contributed by atoms with Gasteiger partial charge in [-0.15, -0.1) is 0 Å². The summed E-state index contributed by atoms with van der Waals surface area (Å²) in [5.74, 6) is 0.190. The molecular weight excluding hydrogens is 378 g/mol. The first kappa shape index (κ1) is 21.7. The van der Waals surface area contributed by atoms with E-state index in [1.165, 1.54) is 7.11 Å². The molecule has 0 atom stereocenters. The van der Waals surface area contributed by atoms with Crippen molar-refractivity contribution in [3.8, 4) is 5.75 Å². The molecule has 2 aromatic carbocycles. The summed E-state index contributed by atoms with van der Waals surface area (Å²) >= 11 is 5.99. The maximum absolute atomic E-state index is 12.8. The Morgan fingerprint density at radius 1 is 1.11 bits per heavy atom. The summed E-state index contributed by atoms with van der Waals surface area (Å²) in [6, 6.07) is 14.5. The van der Waals surface area contributed by atoms with Crippen LogP contribution in [-0.4, -0.2) is 50.0 Å². The summed E-state index contributed by atoms with van der Waals surface area (Å²) in [4.78, 5) is 28.6. The molecule has 1 N–H and O–H groups in total. The molecule has 150 valence electrons. The number of rotatable bonds is 8. The lowest BCUT2D eigenvalue weighted by atomic mass is 10.2. The van der Waals surface area contributed by atoms with Crippen molar-refractivity contribution in [3.05, 3.63) is 53.6 Å². The van der Waals surface area contributed by atoms with E-state index in [-0.39, 0.29) is 30.9 Å². The van der Waals surface area contributed by atoms with Crippen LogP contribution < -0.4 is 15.0 Å². The third-order valence-corrected chi connectivity index (χ3v) is 4.31. The first-order valence-electron chi connectivity index (χ1n) is 9.01. The van der Waals surface area contributed by atoms with E-state index in [4.69, 9.17) is 16.3 Å². The predicted octanol–water partition coefficient (Wildman–Crippen LogP) is 3.66. The van der Waals surface area contributed by atoms with Crippen LogP contribution in [0.3, 0.4) is 0 Å². The smallest absolute Gasteiger partial charge is 0.241 e. The molecule has 0 radical (unpaired) electrons. The van der Waals surface area contributed by atoms with E-state index in [2.05, 4.69) is 5.32 Å². The van der Waals surface area contributed by atoms with Crippen molar-refractivity contribution in [1.82, 2.24) is 4.90 Å². The number of anilines is 2. The fourth-order valence-electron chi connectivity index (χ4n) is 2.89. The van der Waals surface area contributed by atoms with Gasteiger partial charge in [0.25, 0.3) is 0 Å². The molecule has 0 saturated carbocycles. The predicted molar refractivity (Wildman–Crippen MR) is 113 cm³/mol. The molecule has 0 aliphatic heterocycles. The lowest BCUT2D eigenvalue weighted by molar-refractivity contribution is -0.121. The van der Waals surface area contributed by atoms with Crippen molar-refractivity contribution in [3.63, 3.8) is 0 Å². The van der Waals surface area contributed by atoms with E-state index < -0.39 is 0 Å². The SMILES string of the molecule is COc1ccc(Cl)cc1NC(=O)CN(C)CC(=O)N(c1ccccc1)C(C)C. The van der Waals surface area contributed by atoms with Crippen LogP contribution in [0.5, 0.6) is 5.75 Å². The summed E-state index contributed by atoms with van der Waals surface area (Å²) in [7, 11) is 3.25. The second-order valence-electron chi connectivity index (χ2n) is 6.76. The number of likely N-dealkylation sites (N-methyl/N-ethyl adjacent to an activating group) is 1. The van der Waals surface area contributed by atoms with Crippen LogP contribution >= 0.6 is 11.6 Å². The zero-order chi connectivity index (χ0) is 20.7. The molecule has 28 heavy (non-hydrogen) atoms. The molecule has 0 saturated heterocycles. The van der Waals surface area contributed by atoms with Gasteiger partial charge in [-0.1, -0.05) is 29.8 Å². The molecule has 0 heterocycles. The Balaban J connectivity index is 1.99. The largest absolute Gasteiger partial charge is 0.495 e. The quantitative estimate of drug-likeness (QED) is 0.730. The lowest BCUT2D eigenvalue weighted by Gasteiger charge is -2.29. The highest BCUT2D eigenvalue weighted by atomic mass is 35.5. The number of benzene rings is 2. The van der Waals surface area contributed by atoms with Gasteiger partial charge >= 0.3 is 0 Å². The number of hydrogen-bond acceptors (Lipinski definition) is 4. The Bertz CT molecular complexity index is 812. The summed E-state index contributed by atoms with van der Waals surface area (Å²) < 4.78 is 5.23. The summed E-state index contributed by atoms with van der Waals surface area (Å²) in [6.45, 7) is 4.10. The van der Waals surface area contributed by atoms with Crippen LogP contribution in [-0.2, 0) is 9.59 Å². The first-order chi connectivity index (χ1) is 13.3. The Labute approximate surface area is 171 Å². The van der Waals surface area contributed by atoms with E-state index >= 15 is 0 Å². The highest BCUT2D eigenvalue weighted by molar-refractivity contribution is 6.31. The third kappa shape index (κ3) is 5.97. The van der Waals surface area contributed by atoms with Crippen LogP contribution in [0.15, 0.2) is 48.5 Å². The van der Waals surface area contributed by atoms with Gasteiger partial charge in [0.15, 0.2) is 0 Å². The Kier molecular flexibility index (Phi) is 7.84. The van der Waals surface area contributed by atoms with E-state index in [9.17, 15) is 9.59 Å². The van der Waals surface area contributed by atoms with Crippen LogP contribution in [0, 0.1) is 0 Å². The highest BCUT2D eigenvalue weighted by Crippen LogP contribution is 2.27. The molecule has 0 bridgehead atoms. The fraction of sp³-hybridized carbons (Fsp3) is 0.333. The van der Waals surface area contributed by atoms with Crippen molar-refractivity contribution in [2.75, 3.05) is 37.5 Å². The van der Waals surface area contributed by atoms with Gasteiger partial charge in [-0.2, -0.15) is 0 Å². The number of hydrogen-bond donors (Lipinski definition) is 1. The minimum absolute atomic E-state index is 0.00727. The van der Waals surface area contributed by atoms with Crippen LogP contribution in [0.1, 0.15) is 13.8 Å². The van der Waals surface area contributed by atoms with E-state index in [0.29, 0.717) is 16.5 Å². The number of carbonyl (C=O) groups is 2. The second kappa shape index (κ2) is 10.1. The molecule has 0 aromatic heterocycles. The average molecular weight is 404 g/mol. The first-order valence-corrected chi connectivity index (χ1v) is 9.38. The molecule has 6 nitrogen and oxygen atoms in total. The molecule has 2 aromatic rings. The third-order valence-electron chi connectivity index (χ3n) is 4.07. The van der Waals surface area contributed by atoms with E-state index in [0.717, 1.165) is 5.69 Å². The topological polar surface area (TPSA) is 61.9 Å². The van der Waals surface area contributed by atoms with E-state index in [1.54, 1.807) is 35.0 Å². The van der Waals surface area contributed by atoms with Crippen LogP contribution in [0.2, 0.25) is 5.02 Å². The maximum Gasteiger partial charge on any atom is 0.241 e. The van der Waals surface area contributed by atoms with Crippen molar-refractivity contribution in [1.29, 1.82) is 0 Å². The molecule has 0 spiro atoms. The lowest BCUT2D eigenvalue weighted by Crippen LogP contribution is -2.44. The van der Waals surface area contributed by atoms with Crippen molar-refractivity contribution < 1.29 is 14.3 Å². The van der Waals surface area contributed by atoms with Gasteiger partial charge in [-0.25, -0.2) is 0 Å². The van der Waals surface area contributed by atoms with Crippen molar-refractivity contribution >= 4 is 34.8 Å². The molecular formula is C21H26ClN3O3. The fourth-order valence-corrected chi connectivity index (χ4v) is 3.07. The minimum Gasteiger partial charge on any atom is -0.495 e. The minimum atomic E-state index is -0.258. The number of halogens is 1. The molecule has 2 rings (SSSR count). The zero-order valence-electron chi connectivity index (χ0n) is 16.6. The monoisotopic (exact) mass is 403 g/mol. The van der Waals surface area contributed by atoms with Gasteiger partial charge in [-0.05, 0) is 51.2 Å². The molecule has 0 fully saturated rings. The van der Waals surface area contributed by atoms with Gasteiger partial charge in [0.1, 0.15) is 5.75 Å². The van der Waals surface area contributed by atoms with Gasteiger partial charge < -0.3 is 15.0 Å². The highest BCUT2D eigenvalue weighted by Gasteiger charge is 2.21. The standard InChI is InChI=1S/C21H26ClN3O3/c1-15(2)25(17-8-6-5-7-9-17)21(27)14-24(3)13-20(26)23-18-12-16(22)10-11-19(18)28-4/h5-12,15H,13-14H2,1-4H3,(H,23,26). The molecule has 7 heteroatoms. The number of nitrogens with zero attached hydrogens (tertiary/aromatic N) is 2. The zero-order valence-corrected chi connectivity index (χ0v) is 17.4. The Morgan fingerprint density at radius 2 is 1.79 bits per heavy atom. The van der Waals surface area contributed by atoms with Crippen LogP contribution in [0.25, 0.3) is 0 Å². The summed E-state index contributed by atoms with van der Waals surface area (Å²) in [6.07, 6.45) is 0. The Hall–Kier alpha value is -2.57. The number of methoxy groups -OCH3 is 1. The molecule has 0 unspecified atom stereocenters. The van der Waals surface area contributed by atoms with Crippen molar-refractivity contribution in [2.24, 2.45) is 0 Å². The van der Waals surface area contributed by atoms with Gasteiger partial charge in [0, 0.05) is 16.8 Å². The normalized spacial score (nSPS) is 10.8. The number of nitrogens with one attached hydrogen (secondary N) is 1. The maximum atomic E-state index is 12.8. The number of ether oxygens (including phenoxy) is 1. The van der Waals surface area contributed by atoms with Gasteiger partial charge in [-0.3, -0.25) is 14.5 Å². The summed E-state index contributed by atoms with van der Waals surface area (Å²) in [5.41, 5.74) is 1.33. The Morgan fingerprint density at radius 3 is 2.39 bits per heavy atom. The number of amides is 2. The summed E-state index contributed by atoms with van der Waals surface area (Å²) in [5, 5.41) is 3.27. The second-order valence-corrected chi connectivity index (χ2v) is 7.19. The van der Waals surface area contributed by atoms with Crippen molar-refractivity contribution in [2.45, 2.75) is 19.9 Å². The number of para-hydroxylation sites is 1. The van der Waals surface area contributed by atoms with Crippen LogP contribution in [0.4, 0.5) is 11.4 Å². The molecule has 0 aliphatic rings. The number of carbonyl (C=O) groups excluding carboxylic acids is 2. The molecule has 0 aliphatic carbocycles. The van der Waals surface area contributed by atoms with E-state index in [1.807, 2.05) is 44.2 Å². The van der Waals surface area contributed by atoms with Gasteiger partial charge in [0.05, 0.1) is 25.9 Å². The average Bonchev–Trinajstić information content (AvgIpc) is 2.62. The molecule has 2 amide bonds.